The number of fused-ring (bicyclic) bond motifs is 1. The van der Waals surface area contributed by atoms with Crippen molar-refractivity contribution >= 4 is 17.4 Å². The summed E-state index contributed by atoms with van der Waals surface area (Å²) in [5.41, 5.74) is -0.140. The van der Waals surface area contributed by atoms with Crippen LogP contribution >= 0.6 is 0 Å². The van der Waals surface area contributed by atoms with Crippen molar-refractivity contribution in [3.8, 4) is 0 Å². The highest BCUT2D eigenvalue weighted by Gasteiger charge is 2.39. The fourth-order valence-electron chi connectivity index (χ4n) is 2.73. The summed E-state index contributed by atoms with van der Waals surface area (Å²) in [6.45, 7) is -1.21. The van der Waals surface area contributed by atoms with Gasteiger partial charge in [-0.1, -0.05) is 0 Å². The molecule has 0 bridgehead atoms. The van der Waals surface area contributed by atoms with Crippen LogP contribution in [0.4, 0.5) is 32.2 Å². The van der Waals surface area contributed by atoms with Crippen molar-refractivity contribution in [2.75, 3.05) is 18.0 Å². The zero-order chi connectivity index (χ0) is 19.1. The van der Waals surface area contributed by atoms with E-state index in [2.05, 4.69) is 15.3 Å². The number of halogens is 6. The van der Waals surface area contributed by atoms with Crippen LogP contribution in [0.3, 0.4) is 0 Å². The molecule has 142 valence electrons. The van der Waals surface area contributed by atoms with Crippen LogP contribution in [0.2, 0.25) is 0 Å². The van der Waals surface area contributed by atoms with E-state index in [0.717, 1.165) is 0 Å². The van der Waals surface area contributed by atoms with Crippen molar-refractivity contribution in [1.29, 1.82) is 0 Å². The number of nitrogens with zero attached hydrogens (tertiary/aromatic N) is 5. The van der Waals surface area contributed by atoms with Crippen molar-refractivity contribution in [1.82, 2.24) is 25.1 Å². The molecule has 13 heteroatoms. The van der Waals surface area contributed by atoms with Crippen molar-refractivity contribution in [3.63, 3.8) is 0 Å². The minimum Gasteiger partial charge on any atom is -0.345 e. The molecule has 0 spiro atoms. The highest BCUT2D eigenvalue weighted by Crippen LogP contribution is 2.29. The van der Waals surface area contributed by atoms with Crippen molar-refractivity contribution in [2.45, 2.75) is 31.2 Å². The van der Waals surface area contributed by atoms with Gasteiger partial charge in [-0.25, -0.2) is 0 Å². The molecule has 1 saturated heterocycles. The Morgan fingerprint density at radius 3 is 2.58 bits per heavy atom. The summed E-state index contributed by atoms with van der Waals surface area (Å²) in [5.74, 6) is -2.17. The maximum absolute atomic E-state index is 12.9. The number of amides is 1. The van der Waals surface area contributed by atoms with Crippen LogP contribution in [-0.2, 0) is 11.0 Å². The number of carbonyl (C=O) groups is 1. The van der Waals surface area contributed by atoms with E-state index in [9.17, 15) is 31.1 Å². The van der Waals surface area contributed by atoms with Gasteiger partial charge in [-0.3, -0.25) is 4.79 Å². The minimum absolute atomic E-state index is 0.0208. The van der Waals surface area contributed by atoms with Crippen LogP contribution in [0.5, 0.6) is 0 Å². The summed E-state index contributed by atoms with van der Waals surface area (Å²) in [4.78, 5) is 13.4. The zero-order valence-corrected chi connectivity index (χ0v) is 13.0. The second-order valence-corrected chi connectivity index (χ2v) is 5.67. The fraction of sp³-hybridized carbons (Fsp3) is 0.538. The smallest absolute Gasteiger partial charge is 0.345 e. The average molecular weight is 382 g/mol. The monoisotopic (exact) mass is 382 g/mol. The topological polar surface area (TPSA) is 75.4 Å². The van der Waals surface area contributed by atoms with E-state index >= 15 is 0 Å². The third-order valence-electron chi connectivity index (χ3n) is 3.82. The molecule has 0 aliphatic carbocycles. The van der Waals surface area contributed by atoms with Gasteiger partial charge in [0.1, 0.15) is 18.4 Å². The number of rotatable bonds is 3. The lowest BCUT2D eigenvalue weighted by Gasteiger charge is -2.25. The van der Waals surface area contributed by atoms with Crippen LogP contribution in [0, 0.1) is 0 Å². The fourth-order valence-corrected chi connectivity index (χ4v) is 2.73. The molecule has 0 saturated carbocycles. The van der Waals surface area contributed by atoms with Crippen LogP contribution in [0.1, 0.15) is 18.7 Å². The van der Waals surface area contributed by atoms with Gasteiger partial charge in [0, 0.05) is 6.54 Å². The van der Waals surface area contributed by atoms with Crippen LogP contribution in [0.25, 0.3) is 5.65 Å². The predicted octanol–water partition coefficient (Wildman–Crippen LogP) is 1.79. The number of nitrogens with one attached hydrogen (secondary N) is 1. The van der Waals surface area contributed by atoms with Crippen LogP contribution < -0.4 is 10.2 Å². The van der Waals surface area contributed by atoms with Gasteiger partial charge < -0.3 is 10.2 Å². The Kier molecular flexibility index (Phi) is 4.40. The quantitative estimate of drug-likeness (QED) is 0.820. The molecule has 1 N–H and O–H groups in total. The number of hydrogen-bond acceptors (Lipinski definition) is 5. The Bertz CT molecular complexity index is 816. The number of hydrogen-bond donors (Lipinski definition) is 1. The predicted molar refractivity (Wildman–Crippen MR) is 75.2 cm³/mol. The Balaban J connectivity index is 1.86. The van der Waals surface area contributed by atoms with E-state index in [4.69, 9.17) is 0 Å². The average Bonchev–Trinajstić information content (AvgIpc) is 3.17. The third-order valence-corrected chi connectivity index (χ3v) is 3.82. The molecule has 1 atom stereocenters. The summed E-state index contributed by atoms with van der Waals surface area (Å²) < 4.78 is 76.0. The first-order valence-corrected chi connectivity index (χ1v) is 7.47. The Labute approximate surface area is 142 Å². The van der Waals surface area contributed by atoms with E-state index in [1.807, 2.05) is 0 Å². The molecule has 1 aliphatic heterocycles. The minimum atomic E-state index is -4.78. The first-order valence-electron chi connectivity index (χ1n) is 7.47. The third kappa shape index (κ3) is 3.65. The van der Waals surface area contributed by atoms with Gasteiger partial charge in [-0.15, -0.1) is 15.3 Å². The lowest BCUT2D eigenvalue weighted by Crippen LogP contribution is -2.46. The number of anilines is 1. The van der Waals surface area contributed by atoms with Gasteiger partial charge in [-0.05, 0) is 25.0 Å². The number of alkyl halides is 6. The second kappa shape index (κ2) is 6.29. The Hall–Kier alpha value is -2.60. The standard InChI is InChI=1S/C13H12F6N6O/c14-12(15,16)6-20-10(26)7-2-1-5-24(7)9-4-3-8-21-22-11(13(17,18)19)25(8)23-9/h3-4,7H,1-2,5-6H2,(H,20,26)/t7-/m1/s1. The molecule has 0 unspecified atom stereocenters. The second-order valence-electron chi connectivity index (χ2n) is 5.67. The maximum atomic E-state index is 12.9. The lowest BCUT2D eigenvalue weighted by atomic mass is 10.2. The summed E-state index contributed by atoms with van der Waals surface area (Å²) in [5, 5.41) is 12.0. The number of carbonyl (C=O) groups excluding carboxylic acids is 1. The summed E-state index contributed by atoms with van der Waals surface area (Å²) >= 11 is 0. The molecule has 7 nitrogen and oxygen atoms in total. The van der Waals surface area contributed by atoms with Crippen molar-refractivity contribution < 1.29 is 31.1 Å². The Morgan fingerprint density at radius 2 is 1.92 bits per heavy atom. The van der Waals surface area contributed by atoms with Gasteiger partial charge >= 0.3 is 12.4 Å². The molecule has 0 radical (unpaired) electrons. The molecule has 0 aromatic carbocycles. The molecule has 1 fully saturated rings. The highest BCUT2D eigenvalue weighted by molar-refractivity contribution is 5.85. The van der Waals surface area contributed by atoms with Crippen LogP contribution in [0.15, 0.2) is 12.1 Å². The summed E-state index contributed by atoms with van der Waals surface area (Å²) in [7, 11) is 0. The Morgan fingerprint density at radius 1 is 1.19 bits per heavy atom. The highest BCUT2D eigenvalue weighted by atomic mass is 19.4. The molecule has 2 aromatic heterocycles. The molecule has 2 aromatic rings. The van der Waals surface area contributed by atoms with E-state index in [1.54, 1.807) is 5.32 Å². The number of aromatic nitrogens is 4. The SMILES string of the molecule is O=C(NCC(F)(F)F)[C@H]1CCCN1c1ccc2nnc(C(F)(F)F)n2n1. The molecule has 26 heavy (non-hydrogen) atoms. The largest absolute Gasteiger partial charge is 0.453 e. The van der Waals surface area contributed by atoms with Crippen molar-refractivity contribution in [2.24, 2.45) is 0 Å². The van der Waals surface area contributed by atoms with E-state index in [1.165, 1.54) is 17.0 Å². The van der Waals surface area contributed by atoms with Crippen molar-refractivity contribution in [3.05, 3.63) is 18.0 Å². The maximum Gasteiger partial charge on any atom is 0.453 e. The first kappa shape index (κ1) is 18.2. The van der Waals surface area contributed by atoms with Crippen LogP contribution in [-0.4, -0.2) is 51.0 Å². The van der Waals surface area contributed by atoms with Gasteiger partial charge in [0.15, 0.2) is 5.65 Å². The van der Waals surface area contributed by atoms with E-state index in [0.29, 0.717) is 10.9 Å². The summed E-state index contributed by atoms with van der Waals surface area (Å²) in [6, 6.07) is 1.64. The summed E-state index contributed by atoms with van der Waals surface area (Å²) in [6.07, 6.45) is -8.59. The van der Waals surface area contributed by atoms with Gasteiger partial charge in [0.2, 0.25) is 5.91 Å². The van der Waals surface area contributed by atoms with Gasteiger partial charge in [0.25, 0.3) is 5.82 Å². The van der Waals surface area contributed by atoms with E-state index in [-0.39, 0.29) is 24.4 Å². The zero-order valence-electron chi connectivity index (χ0n) is 13.0. The normalized spacial score (nSPS) is 18.5. The van der Waals surface area contributed by atoms with Gasteiger partial charge in [-0.2, -0.15) is 30.9 Å². The van der Waals surface area contributed by atoms with E-state index < -0.39 is 36.7 Å². The molecular formula is C13H12F6N6O. The lowest BCUT2D eigenvalue weighted by molar-refractivity contribution is -0.146. The molecular weight excluding hydrogens is 370 g/mol. The van der Waals surface area contributed by atoms with Gasteiger partial charge in [0.05, 0.1) is 0 Å². The first-order chi connectivity index (χ1) is 12.1. The molecule has 1 aliphatic rings. The molecule has 3 rings (SSSR count). The molecule has 1 amide bonds. The molecule has 3 heterocycles.